The maximum atomic E-state index is 12.4. The third kappa shape index (κ3) is 2.05. The van der Waals surface area contributed by atoms with Crippen LogP contribution in [0.4, 0.5) is 0 Å². The number of nitrogens with zero attached hydrogens (tertiary/aromatic N) is 1. The summed E-state index contributed by atoms with van der Waals surface area (Å²) in [6.07, 6.45) is 6.64. The molecule has 0 aromatic heterocycles. The first kappa shape index (κ1) is 12.9. The number of fused-ring (bicyclic) bond motifs is 5. The van der Waals surface area contributed by atoms with E-state index in [-0.39, 0.29) is 5.91 Å². The van der Waals surface area contributed by atoms with Gasteiger partial charge in [0.15, 0.2) is 0 Å². The van der Waals surface area contributed by atoms with Crippen LogP contribution in [0, 0.1) is 35.0 Å². The largest absolute Gasteiger partial charge is 0.349 e. The Morgan fingerprint density at radius 3 is 2.90 bits per heavy atom. The molecule has 0 aliphatic heterocycles. The van der Waals surface area contributed by atoms with E-state index in [4.69, 9.17) is 5.26 Å². The topological polar surface area (TPSA) is 52.9 Å². The Labute approximate surface area is 125 Å². The van der Waals surface area contributed by atoms with Crippen LogP contribution in [-0.2, 0) is 0 Å². The van der Waals surface area contributed by atoms with Gasteiger partial charge in [0, 0.05) is 11.6 Å². The van der Waals surface area contributed by atoms with Crippen LogP contribution in [0.5, 0.6) is 0 Å². The van der Waals surface area contributed by atoms with Gasteiger partial charge in [-0.3, -0.25) is 4.79 Å². The van der Waals surface area contributed by atoms with Gasteiger partial charge in [0.1, 0.15) is 0 Å². The summed E-state index contributed by atoms with van der Waals surface area (Å²) in [5, 5.41) is 12.2. The number of nitrogens with one attached hydrogen (secondary N) is 1. The van der Waals surface area contributed by atoms with E-state index in [1.165, 1.54) is 25.7 Å². The molecule has 4 rings (SSSR count). The van der Waals surface area contributed by atoms with E-state index in [2.05, 4.69) is 11.4 Å². The summed E-state index contributed by atoms with van der Waals surface area (Å²) >= 11 is 0. The van der Waals surface area contributed by atoms with Gasteiger partial charge in [-0.2, -0.15) is 5.26 Å². The number of benzene rings is 1. The monoisotopic (exact) mass is 280 g/mol. The summed E-state index contributed by atoms with van der Waals surface area (Å²) in [7, 11) is 0. The Balaban J connectivity index is 1.47. The van der Waals surface area contributed by atoms with Gasteiger partial charge in [0.2, 0.25) is 0 Å². The minimum atomic E-state index is -0.0146. The second-order valence-corrected chi connectivity index (χ2v) is 6.93. The highest BCUT2D eigenvalue weighted by atomic mass is 16.1. The Morgan fingerprint density at radius 1 is 1.19 bits per heavy atom. The molecule has 3 saturated carbocycles. The van der Waals surface area contributed by atoms with E-state index in [1.54, 1.807) is 24.3 Å². The molecule has 0 radical (unpaired) electrons. The van der Waals surface area contributed by atoms with Crippen LogP contribution in [0.25, 0.3) is 0 Å². The van der Waals surface area contributed by atoms with Crippen molar-refractivity contribution in [2.24, 2.45) is 23.7 Å². The molecule has 108 valence electrons. The van der Waals surface area contributed by atoms with E-state index in [1.807, 2.05) is 0 Å². The summed E-state index contributed by atoms with van der Waals surface area (Å²) in [6.45, 7) is 0. The molecule has 1 amide bonds. The Kier molecular flexibility index (Phi) is 2.99. The highest BCUT2D eigenvalue weighted by molar-refractivity contribution is 5.94. The number of rotatable bonds is 2. The number of amides is 1. The minimum absolute atomic E-state index is 0.0146. The molecule has 3 aliphatic carbocycles. The van der Waals surface area contributed by atoms with E-state index in [9.17, 15) is 4.79 Å². The lowest BCUT2D eigenvalue weighted by Crippen LogP contribution is -2.42. The number of hydrogen-bond donors (Lipinski definition) is 1. The summed E-state index contributed by atoms with van der Waals surface area (Å²) in [6, 6.07) is 9.43. The van der Waals surface area contributed by atoms with Crippen molar-refractivity contribution in [3.05, 3.63) is 35.4 Å². The van der Waals surface area contributed by atoms with Gasteiger partial charge < -0.3 is 5.32 Å². The first-order valence-electron chi connectivity index (χ1n) is 8.07. The SMILES string of the molecule is N#Cc1cccc(C(=O)NC2CC3CC2C2CCCC32)c1. The van der Waals surface area contributed by atoms with E-state index in [0.29, 0.717) is 23.1 Å². The lowest BCUT2D eigenvalue weighted by atomic mass is 9.79. The maximum Gasteiger partial charge on any atom is 0.251 e. The predicted octanol–water partition coefficient (Wildman–Crippen LogP) is 3.11. The smallest absolute Gasteiger partial charge is 0.251 e. The molecule has 5 atom stereocenters. The Bertz CT molecular complexity index is 618. The molecule has 2 bridgehead atoms. The van der Waals surface area contributed by atoms with E-state index >= 15 is 0 Å². The maximum absolute atomic E-state index is 12.4. The van der Waals surface area contributed by atoms with Crippen LogP contribution in [0.1, 0.15) is 48.0 Å². The van der Waals surface area contributed by atoms with Gasteiger partial charge in [-0.15, -0.1) is 0 Å². The third-order valence-corrected chi connectivity index (χ3v) is 6.00. The fraction of sp³-hybridized carbons (Fsp3) is 0.556. The highest BCUT2D eigenvalue weighted by Gasteiger charge is 2.54. The molecule has 0 saturated heterocycles. The number of hydrogen-bond acceptors (Lipinski definition) is 2. The standard InChI is InChI=1S/C18H20N2O/c19-10-11-3-1-4-12(7-11)18(21)20-17-9-13-8-16(17)15-6-2-5-14(13)15/h1,3-4,7,13-17H,2,5-6,8-9H2,(H,20,21). The van der Waals surface area contributed by atoms with Crippen LogP contribution in [0.2, 0.25) is 0 Å². The van der Waals surface area contributed by atoms with Gasteiger partial charge in [0.25, 0.3) is 5.91 Å². The second-order valence-electron chi connectivity index (χ2n) is 6.93. The number of nitriles is 1. The van der Waals surface area contributed by atoms with Crippen molar-refractivity contribution >= 4 is 5.91 Å². The van der Waals surface area contributed by atoms with Crippen molar-refractivity contribution in [1.29, 1.82) is 5.26 Å². The molecule has 0 spiro atoms. The summed E-state index contributed by atoms with van der Waals surface area (Å²) in [4.78, 5) is 12.4. The van der Waals surface area contributed by atoms with Crippen molar-refractivity contribution in [1.82, 2.24) is 5.32 Å². The average molecular weight is 280 g/mol. The van der Waals surface area contributed by atoms with Gasteiger partial charge in [-0.1, -0.05) is 12.5 Å². The van der Waals surface area contributed by atoms with Crippen LogP contribution < -0.4 is 5.32 Å². The normalized spacial score (nSPS) is 36.2. The quantitative estimate of drug-likeness (QED) is 0.905. The van der Waals surface area contributed by atoms with Crippen molar-refractivity contribution in [3.8, 4) is 6.07 Å². The van der Waals surface area contributed by atoms with Crippen molar-refractivity contribution in [2.45, 2.75) is 38.1 Å². The summed E-state index contributed by atoms with van der Waals surface area (Å²) in [5.41, 5.74) is 1.16. The molecule has 3 heteroatoms. The molecule has 1 aromatic carbocycles. The molecular formula is C18H20N2O. The van der Waals surface area contributed by atoms with Gasteiger partial charge in [-0.25, -0.2) is 0 Å². The molecule has 5 unspecified atom stereocenters. The highest BCUT2D eigenvalue weighted by Crippen LogP contribution is 2.58. The zero-order chi connectivity index (χ0) is 14.4. The van der Waals surface area contributed by atoms with Gasteiger partial charge in [-0.05, 0) is 67.6 Å². The van der Waals surface area contributed by atoms with Crippen molar-refractivity contribution in [3.63, 3.8) is 0 Å². The van der Waals surface area contributed by atoms with Gasteiger partial charge >= 0.3 is 0 Å². The van der Waals surface area contributed by atoms with Crippen molar-refractivity contribution in [2.75, 3.05) is 0 Å². The zero-order valence-electron chi connectivity index (χ0n) is 12.1. The number of carbonyl (C=O) groups excluding carboxylic acids is 1. The fourth-order valence-corrected chi connectivity index (χ4v) is 5.22. The Hall–Kier alpha value is -1.82. The summed E-state index contributed by atoms with van der Waals surface area (Å²) < 4.78 is 0. The molecule has 3 fully saturated rings. The first-order valence-corrected chi connectivity index (χ1v) is 8.07. The molecular weight excluding hydrogens is 260 g/mol. The third-order valence-electron chi connectivity index (χ3n) is 6.00. The van der Waals surface area contributed by atoms with Gasteiger partial charge in [0.05, 0.1) is 11.6 Å². The van der Waals surface area contributed by atoms with E-state index < -0.39 is 0 Å². The Morgan fingerprint density at radius 2 is 2.05 bits per heavy atom. The first-order chi connectivity index (χ1) is 10.3. The van der Waals surface area contributed by atoms with Crippen LogP contribution in [0.3, 0.4) is 0 Å². The lowest BCUT2D eigenvalue weighted by Gasteiger charge is -2.32. The lowest BCUT2D eigenvalue weighted by molar-refractivity contribution is 0.0901. The van der Waals surface area contributed by atoms with Crippen LogP contribution in [0.15, 0.2) is 24.3 Å². The fourth-order valence-electron chi connectivity index (χ4n) is 5.22. The number of carbonyl (C=O) groups is 1. The average Bonchev–Trinajstić information content (AvgIpc) is 3.19. The van der Waals surface area contributed by atoms with Crippen LogP contribution >= 0.6 is 0 Å². The van der Waals surface area contributed by atoms with E-state index in [0.717, 1.165) is 24.2 Å². The zero-order valence-corrected chi connectivity index (χ0v) is 12.1. The molecule has 1 N–H and O–H groups in total. The predicted molar refractivity (Wildman–Crippen MR) is 79.5 cm³/mol. The molecule has 3 nitrogen and oxygen atoms in total. The second kappa shape index (κ2) is 4.87. The summed E-state index contributed by atoms with van der Waals surface area (Å²) in [5.74, 6) is 3.34. The van der Waals surface area contributed by atoms with Crippen LogP contribution in [-0.4, -0.2) is 11.9 Å². The molecule has 0 heterocycles. The van der Waals surface area contributed by atoms with Crippen molar-refractivity contribution < 1.29 is 4.79 Å². The molecule has 3 aliphatic rings. The molecule has 1 aromatic rings. The molecule has 21 heavy (non-hydrogen) atoms. The minimum Gasteiger partial charge on any atom is -0.349 e.